The van der Waals surface area contributed by atoms with Gasteiger partial charge in [0.05, 0.1) is 6.33 Å². The van der Waals surface area contributed by atoms with Gasteiger partial charge in [0.15, 0.2) is 0 Å². The number of amides is 1. The lowest BCUT2D eigenvalue weighted by Crippen LogP contribution is -2.50. The molecular formula is C20H24N4O3. The van der Waals surface area contributed by atoms with Gasteiger partial charge in [-0.3, -0.25) is 19.1 Å². The Kier molecular flexibility index (Phi) is 4.68. The van der Waals surface area contributed by atoms with Gasteiger partial charge in [-0.1, -0.05) is 0 Å². The molecule has 0 spiro atoms. The SMILES string of the molecule is Cc1ncn(CC(=O)N2C3CCC2CC(Oc2ccncc2)C3)c(=O)c1C. The minimum absolute atomic E-state index is 0.00276. The first-order valence-electron chi connectivity index (χ1n) is 9.43. The molecule has 0 N–H and O–H groups in total. The summed E-state index contributed by atoms with van der Waals surface area (Å²) in [6, 6.07) is 4.08. The van der Waals surface area contributed by atoms with Crippen LogP contribution in [0.1, 0.15) is 36.9 Å². The van der Waals surface area contributed by atoms with E-state index < -0.39 is 0 Å². The van der Waals surface area contributed by atoms with Crippen molar-refractivity contribution in [3.63, 3.8) is 0 Å². The predicted octanol–water partition coefficient (Wildman–Crippen LogP) is 1.86. The highest BCUT2D eigenvalue weighted by molar-refractivity contribution is 5.77. The molecule has 2 saturated heterocycles. The molecule has 142 valence electrons. The zero-order valence-corrected chi connectivity index (χ0v) is 15.7. The van der Waals surface area contributed by atoms with E-state index in [2.05, 4.69) is 9.97 Å². The van der Waals surface area contributed by atoms with Crippen molar-refractivity contribution >= 4 is 5.91 Å². The number of piperidine rings is 1. The molecule has 0 saturated carbocycles. The molecule has 2 atom stereocenters. The third-order valence-corrected chi connectivity index (χ3v) is 5.75. The fourth-order valence-corrected chi connectivity index (χ4v) is 4.26. The fourth-order valence-electron chi connectivity index (χ4n) is 4.26. The molecule has 27 heavy (non-hydrogen) atoms. The summed E-state index contributed by atoms with van der Waals surface area (Å²) < 4.78 is 7.51. The van der Waals surface area contributed by atoms with E-state index in [9.17, 15) is 9.59 Å². The maximum Gasteiger partial charge on any atom is 0.256 e. The van der Waals surface area contributed by atoms with Crippen molar-refractivity contribution in [2.45, 2.75) is 64.3 Å². The topological polar surface area (TPSA) is 77.3 Å². The lowest BCUT2D eigenvalue weighted by molar-refractivity contribution is -0.137. The molecule has 2 aromatic heterocycles. The lowest BCUT2D eigenvalue weighted by atomic mass is 9.99. The van der Waals surface area contributed by atoms with Crippen LogP contribution >= 0.6 is 0 Å². The van der Waals surface area contributed by atoms with Gasteiger partial charge in [-0.15, -0.1) is 0 Å². The standard InChI is InChI=1S/C20H24N4O3/c1-13-14(2)22-12-23(20(13)26)11-19(25)24-15-3-4-16(24)10-18(9-15)27-17-5-7-21-8-6-17/h5-8,12,15-16,18H,3-4,9-11H2,1-2H3. The molecule has 2 aromatic rings. The quantitative estimate of drug-likeness (QED) is 0.823. The highest BCUT2D eigenvalue weighted by Crippen LogP contribution is 2.37. The van der Waals surface area contributed by atoms with E-state index in [1.54, 1.807) is 26.2 Å². The first kappa shape index (κ1) is 17.7. The minimum Gasteiger partial charge on any atom is -0.490 e. The lowest BCUT2D eigenvalue weighted by Gasteiger charge is -2.39. The normalized spacial score (nSPS) is 24.1. The largest absolute Gasteiger partial charge is 0.490 e. The predicted molar refractivity (Wildman–Crippen MR) is 99.5 cm³/mol. The second-order valence-electron chi connectivity index (χ2n) is 7.47. The third-order valence-electron chi connectivity index (χ3n) is 5.75. The van der Waals surface area contributed by atoms with Gasteiger partial charge < -0.3 is 9.64 Å². The number of hydrogen-bond acceptors (Lipinski definition) is 5. The zero-order chi connectivity index (χ0) is 19.0. The molecule has 4 rings (SSSR count). The van der Waals surface area contributed by atoms with E-state index in [1.807, 2.05) is 17.0 Å². The molecule has 0 aliphatic carbocycles. The van der Waals surface area contributed by atoms with Gasteiger partial charge >= 0.3 is 0 Å². The Morgan fingerprint density at radius 2 is 1.85 bits per heavy atom. The summed E-state index contributed by atoms with van der Waals surface area (Å²) in [6.07, 6.45) is 8.66. The summed E-state index contributed by atoms with van der Waals surface area (Å²) in [6.45, 7) is 3.60. The number of fused-ring (bicyclic) bond motifs is 2. The fraction of sp³-hybridized carbons (Fsp3) is 0.500. The van der Waals surface area contributed by atoms with Crippen molar-refractivity contribution in [1.29, 1.82) is 0 Å². The Labute approximate surface area is 158 Å². The van der Waals surface area contributed by atoms with Crippen LogP contribution in [0, 0.1) is 13.8 Å². The van der Waals surface area contributed by atoms with Crippen LogP contribution in [0.15, 0.2) is 35.6 Å². The van der Waals surface area contributed by atoms with Gasteiger partial charge in [0.2, 0.25) is 5.91 Å². The molecule has 7 nitrogen and oxygen atoms in total. The van der Waals surface area contributed by atoms with Crippen LogP contribution in [0.4, 0.5) is 0 Å². The van der Waals surface area contributed by atoms with Gasteiger partial charge in [-0.2, -0.15) is 0 Å². The minimum atomic E-state index is -0.140. The van der Waals surface area contributed by atoms with Crippen LogP contribution in [0.5, 0.6) is 5.75 Å². The van der Waals surface area contributed by atoms with E-state index in [1.165, 1.54) is 10.9 Å². The van der Waals surface area contributed by atoms with Gasteiger partial charge in [-0.25, -0.2) is 4.98 Å². The Morgan fingerprint density at radius 3 is 2.52 bits per heavy atom. The second kappa shape index (κ2) is 7.13. The number of carbonyl (C=O) groups is 1. The smallest absolute Gasteiger partial charge is 0.256 e. The average molecular weight is 368 g/mol. The Morgan fingerprint density at radius 1 is 1.19 bits per heavy atom. The molecule has 2 unspecified atom stereocenters. The van der Waals surface area contributed by atoms with Crippen LogP contribution in [0.3, 0.4) is 0 Å². The summed E-state index contributed by atoms with van der Waals surface area (Å²) in [4.78, 5) is 35.5. The summed E-state index contributed by atoms with van der Waals surface area (Å²) in [5.74, 6) is 0.818. The zero-order valence-electron chi connectivity index (χ0n) is 15.7. The van der Waals surface area contributed by atoms with Crippen molar-refractivity contribution in [3.8, 4) is 5.75 Å². The first-order valence-corrected chi connectivity index (χ1v) is 9.43. The number of ether oxygens (including phenoxy) is 1. The number of nitrogens with zero attached hydrogens (tertiary/aromatic N) is 4. The van der Waals surface area contributed by atoms with Gasteiger partial charge in [0, 0.05) is 48.6 Å². The van der Waals surface area contributed by atoms with Crippen molar-refractivity contribution in [1.82, 2.24) is 19.4 Å². The molecule has 0 aromatic carbocycles. The van der Waals surface area contributed by atoms with Gasteiger partial charge in [0.1, 0.15) is 18.4 Å². The molecule has 2 fully saturated rings. The number of aromatic nitrogens is 3. The van der Waals surface area contributed by atoms with E-state index in [0.717, 1.165) is 31.4 Å². The number of hydrogen-bond donors (Lipinski definition) is 0. The molecular weight excluding hydrogens is 344 g/mol. The van der Waals surface area contributed by atoms with Gasteiger partial charge in [-0.05, 0) is 38.8 Å². The van der Waals surface area contributed by atoms with E-state index in [4.69, 9.17) is 4.74 Å². The van der Waals surface area contributed by atoms with E-state index >= 15 is 0 Å². The number of aryl methyl sites for hydroxylation is 1. The van der Waals surface area contributed by atoms with Crippen LogP contribution in [-0.2, 0) is 11.3 Å². The van der Waals surface area contributed by atoms with E-state index in [0.29, 0.717) is 11.3 Å². The molecule has 1 amide bonds. The molecule has 2 aliphatic heterocycles. The molecule has 0 radical (unpaired) electrons. The Balaban J connectivity index is 1.44. The monoisotopic (exact) mass is 368 g/mol. The van der Waals surface area contributed by atoms with Crippen molar-refractivity contribution in [3.05, 3.63) is 52.5 Å². The Hall–Kier alpha value is -2.70. The van der Waals surface area contributed by atoms with Crippen LogP contribution < -0.4 is 10.3 Å². The maximum absolute atomic E-state index is 12.9. The maximum atomic E-state index is 12.9. The van der Waals surface area contributed by atoms with Crippen molar-refractivity contribution in [2.24, 2.45) is 0 Å². The molecule has 7 heteroatoms. The second-order valence-corrected chi connectivity index (χ2v) is 7.47. The number of pyridine rings is 1. The highest BCUT2D eigenvalue weighted by Gasteiger charge is 2.43. The van der Waals surface area contributed by atoms with Crippen molar-refractivity contribution < 1.29 is 9.53 Å². The first-order chi connectivity index (χ1) is 13.0. The van der Waals surface area contributed by atoms with Crippen LogP contribution in [-0.4, -0.2) is 43.5 Å². The van der Waals surface area contributed by atoms with Crippen molar-refractivity contribution in [2.75, 3.05) is 0 Å². The summed E-state index contributed by atoms with van der Waals surface area (Å²) in [7, 11) is 0. The highest BCUT2D eigenvalue weighted by atomic mass is 16.5. The molecule has 2 bridgehead atoms. The van der Waals surface area contributed by atoms with Crippen LogP contribution in [0.2, 0.25) is 0 Å². The Bertz CT molecular complexity index is 882. The van der Waals surface area contributed by atoms with E-state index in [-0.39, 0.29) is 36.2 Å². The number of rotatable bonds is 4. The third kappa shape index (κ3) is 3.46. The van der Waals surface area contributed by atoms with Crippen LogP contribution in [0.25, 0.3) is 0 Å². The summed E-state index contributed by atoms with van der Waals surface area (Å²) in [5.41, 5.74) is 1.16. The summed E-state index contributed by atoms with van der Waals surface area (Å²) >= 11 is 0. The van der Waals surface area contributed by atoms with Gasteiger partial charge in [0.25, 0.3) is 5.56 Å². The molecule has 2 aliphatic rings. The number of carbonyl (C=O) groups excluding carboxylic acids is 1. The molecule has 4 heterocycles. The average Bonchev–Trinajstić information content (AvgIpc) is 2.94. The summed E-state index contributed by atoms with van der Waals surface area (Å²) in [5, 5.41) is 0.